The number of ketones is 1. The molecule has 0 bridgehead atoms. The Morgan fingerprint density at radius 2 is 0.667 bits per heavy atom. The molecule has 0 fully saturated rings. The van der Waals surface area contributed by atoms with Crippen molar-refractivity contribution in [1.29, 1.82) is 0 Å². The first-order valence-corrected chi connectivity index (χ1v) is 22.5. The molecule has 0 amide bonds. The molecule has 0 saturated heterocycles. The number of carbonyl (C=O) groups is 1. The van der Waals surface area contributed by atoms with Crippen molar-refractivity contribution >= 4 is 5.78 Å². The fourth-order valence-corrected chi connectivity index (χ4v) is 7.34. The van der Waals surface area contributed by atoms with E-state index in [1.807, 2.05) is 6.08 Å². The van der Waals surface area contributed by atoms with Crippen LogP contribution in [0.15, 0.2) is 12.7 Å². The standard InChI is InChI=1S/C46H90O2/c1-3-5-7-9-11-12-13-23-26-30-34-39-43-46(48)44-40-36-32-28-25-22-20-18-16-14-15-17-19-21-24-27-31-35-38-42-45(47)41-37-33-29-10-8-6-4-2/h3,45,47H,1,4-44H2,2H3/t45-/m0/s1. The van der Waals surface area contributed by atoms with Gasteiger partial charge in [0.15, 0.2) is 0 Å². The van der Waals surface area contributed by atoms with E-state index in [9.17, 15) is 9.90 Å². The van der Waals surface area contributed by atoms with E-state index in [0.717, 1.165) is 38.5 Å². The number of hydrogen-bond donors (Lipinski definition) is 1. The molecule has 0 aliphatic carbocycles. The first-order valence-electron chi connectivity index (χ1n) is 22.5. The third-order valence-electron chi connectivity index (χ3n) is 10.7. The Morgan fingerprint density at radius 3 is 0.958 bits per heavy atom. The molecule has 0 aliphatic heterocycles. The van der Waals surface area contributed by atoms with Crippen molar-refractivity contribution in [1.82, 2.24) is 0 Å². The lowest BCUT2D eigenvalue weighted by Crippen LogP contribution is -2.05. The number of Topliss-reactive ketones (excluding diaryl/α,β-unsaturated/α-hetero) is 1. The molecule has 0 unspecified atom stereocenters. The van der Waals surface area contributed by atoms with Crippen LogP contribution in [0.5, 0.6) is 0 Å². The van der Waals surface area contributed by atoms with Gasteiger partial charge in [0.1, 0.15) is 5.78 Å². The van der Waals surface area contributed by atoms with E-state index >= 15 is 0 Å². The van der Waals surface area contributed by atoms with Gasteiger partial charge in [0, 0.05) is 12.8 Å². The van der Waals surface area contributed by atoms with Crippen molar-refractivity contribution < 1.29 is 9.90 Å². The summed E-state index contributed by atoms with van der Waals surface area (Å²) in [4.78, 5) is 12.2. The quantitative estimate of drug-likeness (QED) is 0.0516. The van der Waals surface area contributed by atoms with E-state index in [0.29, 0.717) is 5.78 Å². The van der Waals surface area contributed by atoms with Crippen LogP contribution in [0.3, 0.4) is 0 Å². The zero-order chi connectivity index (χ0) is 34.9. The first kappa shape index (κ1) is 47.4. The third kappa shape index (κ3) is 41.5. The van der Waals surface area contributed by atoms with Crippen LogP contribution in [0, 0.1) is 0 Å². The molecular weight excluding hydrogens is 585 g/mol. The van der Waals surface area contributed by atoms with Gasteiger partial charge in [0.25, 0.3) is 0 Å². The van der Waals surface area contributed by atoms with Gasteiger partial charge in [0.05, 0.1) is 6.10 Å². The second-order valence-electron chi connectivity index (χ2n) is 15.7. The van der Waals surface area contributed by atoms with Crippen LogP contribution >= 0.6 is 0 Å². The Labute approximate surface area is 303 Å². The van der Waals surface area contributed by atoms with Gasteiger partial charge in [-0.2, -0.15) is 0 Å². The van der Waals surface area contributed by atoms with Gasteiger partial charge in [-0.1, -0.05) is 225 Å². The summed E-state index contributed by atoms with van der Waals surface area (Å²) in [7, 11) is 0. The molecule has 2 heteroatoms. The molecule has 1 N–H and O–H groups in total. The van der Waals surface area contributed by atoms with Gasteiger partial charge >= 0.3 is 0 Å². The molecule has 0 aliphatic rings. The largest absolute Gasteiger partial charge is 0.393 e. The molecule has 0 rings (SSSR count). The van der Waals surface area contributed by atoms with Crippen molar-refractivity contribution in [2.45, 2.75) is 276 Å². The molecule has 48 heavy (non-hydrogen) atoms. The van der Waals surface area contributed by atoms with Crippen molar-refractivity contribution in [3.05, 3.63) is 12.7 Å². The predicted octanol–water partition coefficient (Wildman–Crippen LogP) is 16.1. The zero-order valence-electron chi connectivity index (χ0n) is 33.2. The molecule has 0 spiro atoms. The minimum atomic E-state index is -0.0446. The SMILES string of the molecule is C=CCCCCCCCCCCCCC(=O)CCCCCCCCCCCCCCCCCCCCC[C@@H](O)CCCCCCCCC. The maximum Gasteiger partial charge on any atom is 0.132 e. The highest BCUT2D eigenvalue weighted by atomic mass is 16.3. The van der Waals surface area contributed by atoms with E-state index in [1.54, 1.807) is 0 Å². The third-order valence-corrected chi connectivity index (χ3v) is 10.7. The lowest BCUT2D eigenvalue weighted by molar-refractivity contribution is -0.119. The number of rotatable bonds is 43. The van der Waals surface area contributed by atoms with Crippen LogP contribution in [0.4, 0.5) is 0 Å². The van der Waals surface area contributed by atoms with Crippen LogP contribution in [0.25, 0.3) is 0 Å². The van der Waals surface area contributed by atoms with Crippen LogP contribution in [-0.2, 0) is 4.79 Å². The number of unbranched alkanes of at least 4 members (excludes halogenated alkanes) is 34. The van der Waals surface area contributed by atoms with Gasteiger partial charge in [0.2, 0.25) is 0 Å². The van der Waals surface area contributed by atoms with Crippen LogP contribution < -0.4 is 0 Å². The summed E-state index contributed by atoms with van der Waals surface area (Å²) >= 11 is 0. The van der Waals surface area contributed by atoms with Gasteiger partial charge in [-0.3, -0.25) is 4.79 Å². The minimum absolute atomic E-state index is 0.0446. The molecule has 0 radical (unpaired) electrons. The molecular formula is C46H90O2. The van der Waals surface area contributed by atoms with Crippen LogP contribution in [0.1, 0.15) is 270 Å². The Hall–Kier alpha value is -0.630. The molecule has 0 aromatic rings. The van der Waals surface area contributed by atoms with E-state index in [2.05, 4.69) is 13.5 Å². The topological polar surface area (TPSA) is 37.3 Å². The Morgan fingerprint density at radius 1 is 0.417 bits per heavy atom. The second-order valence-corrected chi connectivity index (χ2v) is 15.7. The Kier molecular flexibility index (Phi) is 42.0. The Balaban J connectivity index is 3.18. The average Bonchev–Trinajstić information content (AvgIpc) is 3.09. The highest BCUT2D eigenvalue weighted by Gasteiger charge is 2.04. The van der Waals surface area contributed by atoms with Crippen LogP contribution in [0.2, 0.25) is 0 Å². The molecule has 1 atom stereocenters. The molecule has 2 nitrogen and oxygen atoms in total. The number of aliphatic hydroxyl groups excluding tert-OH is 1. The fourth-order valence-electron chi connectivity index (χ4n) is 7.34. The Bertz CT molecular complexity index is 613. The smallest absolute Gasteiger partial charge is 0.132 e. The minimum Gasteiger partial charge on any atom is -0.393 e. The second kappa shape index (κ2) is 42.5. The molecule has 0 saturated carbocycles. The molecule has 0 heterocycles. The number of carbonyl (C=O) groups excluding carboxylic acids is 1. The number of allylic oxidation sites excluding steroid dienone is 1. The summed E-state index contributed by atoms with van der Waals surface area (Å²) in [5.41, 5.74) is 0. The average molecular weight is 675 g/mol. The maximum atomic E-state index is 12.2. The van der Waals surface area contributed by atoms with Crippen molar-refractivity contribution in [2.24, 2.45) is 0 Å². The summed E-state index contributed by atoms with van der Waals surface area (Å²) in [5, 5.41) is 10.2. The predicted molar refractivity (Wildman–Crippen MR) is 216 cm³/mol. The monoisotopic (exact) mass is 675 g/mol. The summed E-state index contributed by atoms with van der Waals surface area (Å²) in [5.74, 6) is 0.516. The van der Waals surface area contributed by atoms with Crippen molar-refractivity contribution in [2.75, 3.05) is 0 Å². The lowest BCUT2D eigenvalue weighted by atomic mass is 10.0. The first-order chi connectivity index (χ1) is 23.7. The summed E-state index contributed by atoms with van der Waals surface area (Å²) in [6.45, 7) is 6.07. The van der Waals surface area contributed by atoms with E-state index in [1.165, 1.54) is 225 Å². The van der Waals surface area contributed by atoms with E-state index in [4.69, 9.17) is 0 Å². The number of hydrogen-bond acceptors (Lipinski definition) is 2. The van der Waals surface area contributed by atoms with Gasteiger partial charge < -0.3 is 5.11 Å². The zero-order valence-corrected chi connectivity index (χ0v) is 33.2. The molecule has 286 valence electrons. The fraction of sp³-hybridized carbons (Fsp3) is 0.935. The van der Waals surface area contributed by atoms with Gasteiger partial charge in [-0.15, -0.1) is 6.58 Å². The van der Waals surface area contributed by atoms with E-state index < -0.39 is 0 Å². The summed E-state index contributed by atoms with van der Waals surface area (Å²) in [6.07, 6.45) is 55.5. The van der Waals surface area contributed by atoms with Gasteiger partial charge in [-0.05, 0) is 38.5 Å². The highest BCUT2D eigenvalue weighted by molar-refractivity contribution is 5.78. The normalized spacial score (nSPS) is 12.1. The molecule has 0 aromatic carbocycles. The van der Waals surface area contributed by atoms with Crippen molar-refractivity contribution in [3.63, 3.8) is 0 Å². The molecule has 0 aromatic heterocycles. The number of aliphatic hydroxyl groups is 1. The van der Waals surface area contributed by atoms with Crippen molar-refractivity contribution in [3.8, 4) is 0 Å². The van der Waals surface area contributed by atoms with Gasteiger partial charge in [-0.25, -0.2) is 0 Å². The maximum absolute atomic E-state index is 12.2. The van der Waals surface area contributed by atoms with Crippen LogP contribution in [-0.4, -0.2) is 17.0 Å². The van der Waals surface area contributed by atoms with E-state index in [-0.39, 0.29) is 6.10 Å². The highest BCUT2D eigenvalue weighted by Crippen LogP contribution is 2.18. The summed E-state index contributed by atoms with van der Waals surface area (Å²) in [6, 6.07) is 0. The summed E-state index contributed by atoms with van der Waals surface area (Å²) < 4.78 is 0. The lowest BCUT2D eigenvalue weighted by Gasteiger charge is -2.10.